The summed E-state index contributed by atoms with van der Waals surface area (Å²) in [6.07, 6.45) is 1.51. The minimum Gasteiger partial charge on any atom is -0.457 e. The van der Waals surface area contributed by atoms with Crippen LogP contribution in [0.25, 0.3) is 17.4 Å². The predicted molar refractivity (Wildman–Crippen MR) is 103 cm³/mol. The Hall–Kier alpha value is -3.38. The average Bonchev–Trinajstić information content (AvgIpc) is 3.28. The maximum atomic E-state index is 12.9. The van der Waals surface area contributed by atoms with E-state index in [9.17, 15) is 14.4 Å². The van der Waals surface area contributed by atoms with Crippen LogP contribution < -0.4 is 5.32 Å². The van der Waals surface area contributed by atoms with E-state index in [4.69, 9.17) is 4.42 Å². The van der Waals surface area contributed by atoms with Crippen LogP contribution in [0, 0.1) is 0 Å². The van der Waals surface area contributed by atoms with Crippen molar-refractivity contribution < 1.29 is 18.8 Å². The lowest BCUT2D eigenvalue weighted by Crippen LogP contribution is -2.17. The number of imide groups is 1. The van der Waals surface area contributed by atoms with Gasteiger partial charge in [0.05, 0.1) is 4.91 Å². The summed E-state index contributed by atoms with van der Waals surface area (Å²) in [5.74, 6) is 0.400. The summed E-state index contributed by atoms with van der Waals surface area (Å²) < 4.78 is 5.81. The van der Waals surface area contributed by atoms with Crippen LogP contribution in [0.4, 0.5) is 4.79 Å². The number of hydrogen-bond acceptors (Lipinski definition) is 5. The Morgan fingerprint density at radius 3 is 2.41 bits per heavy atom. The molecule has 2 amide bonds. The topological polar surface area (TPSA) is 76.4 Å². The van der Waals surface area contributed by atoms with Crippen molar-refractivity contribution >= 4 is 34.8 Å². The molecule has 1 aromatic heterocycles. The molecule has 0 bridgehead atoms. The zero-order valence-corrected chi connectivity index (χ0v) is 14.8. The van der Waals surface area contributed by atoms with Crippen LogP contribution in [0.5, 0.6) is 0 Å². The summed E-state index contributed by atoms with van der Waals surface area (Å²) in [6, 6.07) is 19.7. The smallest absolute Gasteiger partial charge is 0.290 e. The summed E-state index contributed by atoms with van der Waals surface area (Å²) in [4.78, 5) is 36.0. The van der Waals surface area contributed by atoms with Crippen LogP contribution >= 0.6 is 11.8 Å². The highest BCUT2D eigenvalue weighted by Crippen LogP contribution is 2.30. The van der Waals surface area contributed by atoms with Gasteiger partial charge in [-0.3, -0.25) is 19.7 Å². The van der Waals surface area contributed by atoms with E-state index < -0.39 is 11.1 Å². The van der Waals surface area contributed by atoms with Crippen LogP contribution in [0.2, 0.25) is 0 Å². The van der Waals surface area contributed by atoms with Crippen molar-refractivity contribution in [2.24, 2.45) is 0 Å². The van der Waals surface area contributed by atoms with Gasteiger partial charge in [0.15, 0.2) is 5.78 Å². The SMILES string of the molecule is O=C1NC(=O)/C(=C\c2ccc(-c3ccccc3C(=O)c3ccccc3)o2)S1. The van der Waals surface area contributed by atoms with E-state index in [1.165, 1.54) is 6.08 Å². The number of benzene rings is 2. The zero-order valence-electron chi connectivity index (χ0n) is 14.0. The summed E-state index contributed by atoms with van der Waals surface area (Å²) in [5.41, 5.74) is 1.78. The normalized spacial score (nSPS) is 15.2. The molecule has 0 radical (unpaired) electrons. The quantitative estimate of drug-likeness (QED) is 0.537. The van der Waals surface area contributed by atoms with Gasteiger partial charge < -0.3 is 4.42 Å². The molecule has 2 heterocycles. The van der Waals surface area contributed by atoms with Gasteiger partial charge in [0.1, 0.15) is 11.5 Å². The van der Waals surface area contributed by atoms with E-state index in [1.807, 2.05) is 30.3 Å². The molecule has 0 spiro atoms. The monoisotopic (exact) mass is 375 g/mol. The first-order valence-electron chi connectivity index (χ1n) is 8.15. The fraction of sp³-hybridized carbons (Fsp3) is 0. The molecule has 0 atom stereocenters. The maximum Gasteiger partial charge on any atom is 0.290 e. The van der Waals surface area contributed by atoms with E-state index in [0.29, 0.717) is 28.2 Å². The van der Waals surface area contributed by atoms with Gasteiger partial charge in [-0.15, -0.1) is 0 Å². The molecule has 4 rings (SSSR count). The van der Waals surface area contributed by atoms with Gasteiger partial charge in [0.2, 0.25) is 0 Å². The van der Waals surface area contributed by atoms with Crippen LogP contribution in [0.15, 0.2) is 76.1 Å². The second kappa shape index (κ2) is 7.09. The van der Waals surface area contributed by atoms with Crippen molar-refractivity contribution in [3.63, 3.8) is 0 Å². The first-order valence-corrected chi connectivity index (χ1v) is 8.97. The molecule has 0 saturated carbocycles. The maximum absolute atomic E-state index is 12.9. The van der Waals surface area contributed by atoms with E-state index in [-0.39, 0.29) is 10.7 Å². The summed E-state index contributed by atoms with van der Waals surface area (Å²) in [6.45, 7) is 0. The van der Waals surface area contributed by atoms with Gasteiger partial charge in [-0.05, 0) is 23.9 Å². The third kappa shape index (κ3) is 3.47. The Morgan fingerprint density at radius 1 is 0.926 bits per heavy atom. The van der Waals surface area contributed by atoms with E-state index in [2.05, 4.69) is 5.32 Å². The molecular formula is C21H13NO4S. The number of hydrogen-bond donors (Lipinski definition) is 1. The van der Waals surface area contributed by atoms with Crippen molar-refractivity contribution in [2.75, 3.05) is 0 Å². The zero-order chi connectivity index (χ0) is 18.8. The van der Waals surface area contributed by atoms with Gasteiger partial charge >= 0.3 is 0 Å². The Balaban J connectivity index is 1.69. The molecule has 27 heavy (non-hydrogen) atoms. The summed E-state index contributed by atoms with van der Waals surface area (Å²) in [7, 11) is 0. The van der Waals surface area contributed by atoms with Crippen molar-refractivity contribution in [1.82, 2.24) is 5.32 Å². The summed E-state index contributed by atoms with van der Waals surface area (Å²) in [5, 5.41) is 1.79. The molecule has 1 fully saturated rings. The van der Waals surface area contributed by atoms with Crippen molar-refractivity contribution in [2.45, 2.75) is 0 Å². The lowest BCUT2D eigenvalue weighted by molar-refractivity contribution is -0.115. The largest absolute Gasteiger partial charge is 0.457 e. The highest BCUT2D eigenvalue weighted by Gasteiger charge is 2.25. The molecule has 132 valence electrons. The van der Waals surface area contributed by atoms with Crippen LogP contribution in [0.3, 0.4) is 0 Å². The van der Waals surface area contributed by atoms with Crippen LogP contribution in [-0.4, -0.2) is 16.9 Å². The molecule has 2 aromatic carbocycles. The van der Waals surface area contributed by atoms with Crippen molar-refractivity contribution in [1.29, 1.82) is 0 Å². The number of rotatable bonds is 4. The van der Waals surface area contributed by atoms with E-state index >= 15 is 0 Å². The lowest BCUT2D eigenvalue weighted by Gasteiger charge is -2.06. The highest BCUT2D eigenvalue weighted by atomic mass is 32.2. The van der Waals surface area contributed by atoms with E-state index in [0.717, 1.165) is 11.8 Å². The number of amides is 2. The number of thioether (sulfide) groups is 1. The average molecular weight is 375 g/mol. The number of carbonyl (C=O) groups is 3. The second-order valence-corrected chi connectivity index (χ2v) is 6.81. The Bertz CT molecular complexity index is 1080. The second-order valence-electron chi connectivity index (χ2n) is 5.79. The number of ketones is 1. The number of nitrogens with one attached hydrogen (secondary N) is 1. The number of carbonyl (C=O) groups excluding carboxylic acids is 3. The van der Waals surface area contributed by atoms with Crippen molar-refractivity contribution in [3.05, 3.63) is 88.5 Å². The molecule has 3 aromatic rings. The van der Waals surface area contributed by atoms with E-state index in [1.54, 1.807) is 36.4 Å². The Kier molecular flexibility index (Phi) is 4.48. The standard InChI is InChI=1S/C21H13NO4S/c23-19(13-6-2-1-3-7-13)16-9-5-4-8-15(16)17-11-10-14(26-17)12-18-20(24)22-21(25)27-18/h1-12H,(H,22,24,25)/b18-12+. The molecule has 1 aliphatic heterocycles. The fourth-order valence-corrected chi connectivity index (χ4v) is 3.43. The minimum atomic E-state index is -0.442. The van der Waals surface area contributed by atoms with Gasteiger partial charge in [-0.1, -0.05) is 54.6 Å². The molecule has 1 aliphatic rings. The predicted octanol–water partition coefficient (Wildman–Crippen LogP) is 4.50. The van der Waals surface area contributed by atoms with Crippen LogP contribution in [-0.2, 0) is 4.79 Å². The van der Waals surface area contributed by atoms with Crippen molar-refractivity contribution in [3.8, 4) is 11.3 Å². The van der Waals surface area contributed by atoms with Crippen LogP contribution in [0.1, 0.15) is 21.7 Å². The first kappa shape index (κ1) is 17.1. The molecule has 1 N–H and O–H groups in total. The first-order chi connectivity index (χ1) is 13.1. The third-order valence-corrected chi connectivity index (χ3v) is 4.83. The molecule has 6 heteroatoms. The third-order valence-electron chi connectivity index (χ3n) is 4.02. The molecule has 0 unspecified atom stereocenters. The Morgan fingerprint density at radius 2 is 1.67 bits per heavy atom. The molecular weight excluding hydrogens is 362 g/mol. The fourth-order valence-electron chi connectivity index (χ4n) is 2.77. The number of furan rings is 1. The highest BCUT2D eigenvalue weighted by molar-refractivity contribution is 8.18. The van der Waals surface area contributed by atoms with Gasteiger partial charge in [0, 0.05) is 22.8 Å². The molecule has 1 saturated heterocycles. The molecule has 5 nitrogen and oxygen atoms in total. The summed E-state index contributed by atoms with van der Waals surface area (Å²) >= 11 is 0.826. The van der Waals surface area contributed by atoms with Gasteiger partial charge in [-0.2, -0.15) is 0 Å². The van der Waals surface area contributed by atoms with Gasteiger partial charge in [0.25, 0.3) is 11.1 Å². The Labute approximate surface area is 159 Å². The minimum absolute atomic E-state index is 0.0983. The lowest BCUT2D eigenvalue weighted by atomic mass is 9.97. The van der Waals surface area contributed by atoms with Gasteiger partial charge in [-0.25, -0.2) is 0 Å². The molecule has 0 aliphatic carbocycles.